The van der Waals surface area contributed by atoms with Crippen LogP contribution in [-0.4, -0.2) is 41.8 Å². The zero-order valence-corrected chi connectivity index (χ0v) is 13.3. The van der Waals surface area contributed by atoms with Crippen molar-refractivity contribution in [1.82, 2.24) is 10.2 Å². The van der Waals surface area contributed by atoms with E-state index < -0.39 is 10.8 Å². The maximum Gasteiger partial charge on any atom is 0.284 e. The molecular formula is C13H16BrN3O4. The summed E-state index contributed by atoms with van der Waals surface area (Å²) in [6.07, 6.45) is 0.682. The highest BCUT2D eigenvalue weighted by atomic mass is 79.9. The Morgan fingerprint density at radius 2 is 2.10 bits per heavy atom. The molecule has 1 N–H and O–H groups in total. The third-order valence-corrected chi connectivity index (χ3v) is 3.45. The number of hydrogen-bond acceptors (Lipinski definition) is 4. The number of nitrogens with zero attached hydrogens (tertiary/aromatic N) is 2. The van der Waals surface area contributed by atoms with Gasteiger partial charge in [0.05, 0.1) is 15.9 Å². The van der Waals surface area contributed by atoms with E-state index in [1.54, 1.807) is 0 Å². The van der Waals surface area contributed by atoms with Gasteiger partial charge in [0.25, 0.3) is 11.6 Å². The van der Waals surface area contributed by atoms with Gasteiger partial charge in [0, 0.05) is 25.2 Å². The van der Waals surface area contributed by atoms with Crippen LogP contribution < -0.4 is 5.32 Å². The number of nitro groups is 1. The molecule has 0 saturated carbocycles. The van der Waals surface area contributed by atoms with Crippen molar-refractivity contribution < 1.29 is 14.5 Å². The molecule has 0 heterocycles. The van der Waals surface area contributed by atoms with Gasteiger partial charge < -0.3 is 10.2 Å². The molecule has 0 aliphatic heterocycles. The molecule has 0 fully saturated rings. The van der Waals surface area contributed by atoms with Crippen LogP contribution in [-0.2, 0) is 4.79 Å². The zero-order valence-electron chi connectivity index (χ0n) is 11.8. The minimum absolute atomic E-state index is 0.0764. The van der Waals surface area contributed by atoms with Gasteiger partial charge in [-0.1, -0.05) is 6.92 Å². The Hall–Kier alpha value is -1.96. The molecule has 0 saturated heterocycles. The highest BCUT2D eigenvalue weighted by Crippen LogP contribution is 2.26. The average molecular weight is 358 g/mol. The molecule has 0 aliphatic carbocycles. The number of halogens is 1. The Labute approximate surface area is 130 Å². The molecule has 8 heteroatoms. The predicted octanol–water partition coefficient (Wildman–Crippen LogP) is 1.96. The standard InChI is InChI=1S/C13H16BrN3O4/c1-3-6-16(8-12(18)15-2)13(19)9-4-5-10(14)11(7-9)17(20)21/h4-5,7H,3,6,8H2,1-2H3,(H,15,18). The fourth-order valence-electron chi connectivity index (χ4n) is 1.74. The monoisotopic (exact) mass is 357 g/mol. The normalized spacial score (nSPS) is 10.0. The lowest BCUT2D eigenvalue weighted by Gasteiger charge is -2.21. The van der Waals surface area contributed by atoms with Crippen LogP contribution in [0.4, 0.5) is 5.69 Å². The second-order valence-electron chi connectivity index (χ2n) is 4.32. The molecule has 0 aliphatic rings. The van der Waals surface area contributed by atoms with E-state index in [9.17, 15) is 19.7 Å². The number of nitro benzene ring substituents is 1. The number of carbonyl (C=O) groups excluding carboxylic acids is 2. The number of rotatable bonds is 6. The van der Waals surface area contributed by atoms with E-state index in [1.165, 1.54) is 30.1 Å². The molecule has 2 amide bonds. The van der Waals surface area contributed by atoms with Crippen LogP contribution in [0.1, 0.15) is 23.7 Å². The summed E-state index contributed by atoms with van der Waals surface area (Å²) in [6.45, 7) is 2.21. The van der Waals surface area contributed by atoms with Crippen molar-refractivity contribution in [3.05, 3.63) is 38.3 Å². The van der Waals surface area contributed by atoms with Crippen LogP contribution >= 0.6 is 15.9 Å². The average Bonchev–Trinajstić information content (AvgIpc) is 2.46. The number of amides is 2. The van der Waals surface area contributed by atoms with Crippen LogP contribution in [0.25, 0.3) is 0 Å². The first kappa shape index (κ1) is 17.1. The minimum atomic E-state index is -0.566. The van der Waals surface area contributed by atoms with Gasteiger partial charge in [-0.15, -0.1) is 0 Å². The summed E-state index contributed by atoms with van der Waals surface area (Å²) in [4.78, 5) is 35.5. The molecular weight excluding hydrogens is 342 g/mol. The van der Waals surface area contributed by atoms with E-state index in [-0.39, 0.29) is 23.7 Å². The van der Waals surface area contributed by atoms with Gasteiger partial charge in [0.2, 0.25) is 5.91 Å². The fourth-order valence-corrected chi connectivity index (χ4v) is 2.13. The largest absolute Gasteiger partial charge is 0.358 e. The van der Waals surface area contributed by atoms with E-state index in [0.717, 1.165) is 0 Å². The third kappa shape index (κ3) is 4.52. The lowest BCUT2D eigenvalue weighted by atomic mass is 10.1. The molecule has 1 rings (SSSR count). The Balaban J connectivity index is 3.06. The molecule has 0 radical (unpaired) electrons. The van der Waals surface area contributed by atoms with Gasteiger partial charge in [-0.25, -0.2) is 0 Å². The van der Waals surface area contributed by atoms with Crippen LogP contribution in [0, 0.1) is 10.1 Å². The van der Waals surface area contributed by atoms with E-state index in [0.29, 0.717) is 17.4 Å². The number of carbonyl (C=O) groups is 2. The quantitative estimate of drug-likeness (QED) is 0.621. The highest BCUT2D eigenvalue weighted by Gasteiger charge is 2.21. The lowest BCUT2D eigenvalue weighted by molar-refractivity contribution is -0.385. The summed E-state index contributed by atoms with van der Waals surface area (Å²) in [6, 6.07) is 4.15. The molecule has 7 nitrogen and oxygen atoms in total. The summed E-state index contributed by atoms with van der Waals surface area (Å²) >= 11 is 3.07. The van der Waals surface area contributed by atoms with E-state index in [1.807, 2.05) is 6.92 Å². The molecule has 1 aromatic carbocycles. The molecule has 0 unspecified atom stereocenters. The van der Waals surface area contributed by atoms with Gasteiger partial charge in [0.1, 0.15) is 0 Å². The summed E-state index contributed by atoms with van der Waals surface area (Å²) in [7, 11) is 1.49. The Morgan fingerprint density at radius 1 is 1.43 bits per heavy atom. The highest BCUT2D eigenvalue weighted by molar-refractivity contribution is 9.10. The second kappa shape index (κ2) is 7.72. The summed E-state index contributed by atoms with van der Waals surface area (Å²) in [5, 5.41) is 13.4. The van der Waals surface area contributed by atoms with Crippen molar-refractivity contribution in [3.63, 3.8) is 0 Å². The maximum atomic E-state index is 12.4. The number of nitrogens with one attached hydrogen (secondary N) is 1. The van der Waals surface area contributed by atoms with Crippen molar-refractivity contribution >= 4 is 33.4 Å². The van der Waals surface area contributed by atoms with Crippen molar-refractivity contribution in [2.24, 2.45) is 0 Å². The van der Waals surface area contributed by atoms with E-state index in [2.05, 4.69) is 21.2 Å². The summed E-state index contributed by atoms with van der Waals surface area (Å²) in [5.41, 5.74) is -0.000468. The maximum absolute atomic E-state index is 12.4. The Kier molecular flexibility index (Phi) is 6.29. The topological polar surface area (TPSA) is 92.6 Å². The van der Waals surface area contributed by atoms with Gasteiger partial charge >= 0.3 is 0 Å². The molecule has 114 valence electrons. The van der Waals surface area contributed by atoms with Crippen LogP contribution in [0.5, 0.6) is 0 Å². The van der Waals surface area contributed by atoms with E-state index in [4.69, 9.17) is 0 Å². The first-order valence-corrected chi connectivity index (χ1v) is 7.13. The predicted molar refractivity (Wildman–Crippen MR) is 81.1 cm³/mol. The third-order valence-electron chi connectivity index (χ3n) is 2.78. The smallest absolute Gasteiger partial charge is 0.284 e. The molecule has 0 bridgehead atoms. The second-order valence-corrected chi connectivity index (χ2v) is 5.18. The molecule has 0 atom stereocenters. The van der Waals surface area contributed by atoms with Crippen LogP contribution in [0.15, 0.2) is 22.7 Å². The van der Waals surface area contributed by atoms with Crippen molar-refractivity contribution in [1.29, 1.82) is 0 Å². The number of likely N-dealkylation sites (N-methyl/N-ethyl adjacent to an activating group) is 1. The first-order chi connectivity index (χ1) is 9.90. The Bertz CT molecular complexity index is 562. The number of benzene rings is 1. The molecule has 1 aromatic rings. The van der Waals surface area contributed by atoms with Crippen molar-refractivity contribution in [2.75, 3.05) is 20.1 Å². The zero-order chi connectivity index (χ0) is 16.0. The molecule has 0 spiro atoms. The van der Waals surface area contributed by atoms with Crippen LogP contribution in [0.3, 0.4) is 0 Å². The van der Waals surface area contributed by atoms with E-state index >= 15 is 0 Å². The SMILES string of the molecule is CCCN(CC(=O)NC)C(=O)c1ccc(Br)c([N+](=O)[O-])c1. The first-order valence-electron chi connectivity index (χ1n) is 6.34. The number of hydrogen-bond donors (Lipinski definition) is 1. The molecule has 0 aromatic heterocycles. The Morgan fingerprint density at radius 3 is 2.62 bits per heavy atom. The summed E-state index contributed by atoms with van der Waals surface area (Å²) < 4.78 is 0.303. The van der Waals surface area contributed by atoms with Crippen molar-refractivity contribution in [2.45, 2.75) is 13.3 Å². The van der Waals surface area contributed by atoms with Crippen LogP contribution in [0.2, 0.25) is 0 Å². The fraction of sp³-hybridized carbons (Fsp3) is 0.385. The van der Waals surface area contributed by atoms with Gasteiger partial charge in [0.15, 0.2) is 0 Å². The van der Waals surface area contributed by atoms with Gasteiger partial charge in [-0.3, -0.25) is 19.7 Å². The van der Waals surface area contributed by atoms with Gasteiger partial charge in [-0.2, -0.15) is 0 Å². The van der Waals surface area contributed by atoms with Gasteiger partial charge in [-0.05, 0) is 34.5 Å². The van der Waals surface area contributed by atoms with Crippen molar-refractivity contribution in [3.8, 4) is 0 Å². The summed E-state index contributed by atoms with van der Waals surface area (Å²) in [5.74, 6) is -0.695. The minimum Gasteiger partial charge on any atom is -0.358 e. The molecule has 21 heavy (non-hydrogen) atoms. The lowest BCUT2D eigenvalue weighted by Crippen LogP contribution is -2.40.